The van der Waals surface area contributed by atoms with E-state index in [2.05, 4.69) is 15.9 Å². The molecule has 118 valence electrons. The van der Waals surface area contributed by atoms with Crippen LogP contribution in [0.15, 0.2) is 40.9 Å². The lowest BCUT2D eigenvalue weighted by molar-refractivity contribution is -0.114. The Hall–Kier alpha value is -2.14. The van der Waals surface area contributed by atoms with E-state index in [1.54, 1.807) is 6.07 Å². The van der Waals surface area contributed by atoms with Crippen molar-refractivity contribution in [2.24, 2.45) is 0 Å². The summed E-state index contributed by atoms with van der Waals surface area (Å²) in [4.78, 5) is 25.9. The number of carbonyl (C=O) groups is 2. The summed E-state index contributed by atoms with van der Waals surface area (Å²) in [5.74, 6) is -0.190. The number of rotatable bonds is 4. The van der Waals surface area contributed by atoms with Gasteiger partial charge in [0.2, 0.25) is 0 Å². The Morgan fingerprint density at radius 2 is 1.91 bits per heavy atom. The maximum atomic E-state index is 12.2. The van der Waals surface area contributed by atoms with E-state index in [0.29, 0.717) is 24.4 Å². The van der Waals surface area contributed by atoms with Gasteiger partial charge in [0.05, 0.1) is 17.8 Å². The van der Waals surface area contributed by atoms with E-state index in [4.69, 9.17) is 4.74 Å². The van der Waals surface area contributed by atoms with E-state index in [-0.39, 0.29) is 0 Å². The molecule has 0 spiro atoms. The second-order valence-corrected chi connectivity index (χ2v) is 6.49. The minimum absolute atomic E-state index is 0.331. The fourth-order valence-corrected chi connectivity index (χ4v) is 3.35. The monoisotopic (exact) mass is 373 g/mol. The van der Waals surface area contributed by atoms with Gasteiger partial charge in [-0.15, -0.1) is 0 Å². The van der Waals surface area contributed by atoms with Gasteiger partial charge in [0.15, 0.2) is 0 Å². The van der Waals surface area contributed by atoms with Crippen LogP contribution in [0.4, 0.5) is 5.69 Å². The standard InChI is InChI=1S/C18H16BrNO3/c1-11-4-3-5-14(8-11)23-7-6-20-16-12(2)9-13(19)10-15(16)17(21)18(20)22/h3-5,8-10H,6-7H2,1-2H3. The molecule has 1 heterocycles. The van der Waals surface area contributed by atoms with Crippen LogP contribution in [0.5, 0.6) is 5.75 Å². The van der Waals surface area contributed by atoms with Gasteiger partial charge in [-0.2, -0.15) is 0 Å². The lowest BCUT2D eigenvalue weighted by Gasteiger charge is -2.19. The minimum atomic E-state index is -0.492. The Bertz CT molecular complexity index is 801. The van der Waals surface area contributed by atoms with Crippen LogP contribution >= 0.6 is 15.9 Å². The van der Waals surface area contributed by atoms with E-state index >= 15 is 0 Å². The molecule has 0 aromatic heterocycles. The van der Waals surface area contributed by atoms with Crippen LogP contribution in [-0.2, 0) is 4.79 Å². The number of anilines is 1. The van der Waals surface area contributed by atoms with Gasteiger partial charge >= 0.3 is 0 Å². The number of hydrogen-bond donors (Lipinski definition) is 0. The number of fused-ring (bicyclic) bond motifs is 1. The molecular weight excluding hydrogens is 358 g/mol. The minimum Gasteiger partial charge on any atom is -0.492 e. The van der Waals surface area contributed by atoms with Crippen molar-refractivity contribution in [3.8, 4) is 5.75 Å². The lowest BCUT2D eigenvalue weighted by atomic mass is 10.1. The summed E-state index contributed by atoms with van der Waals surface area (Å²) in [6.45, 7) is 4.56. The summed E-state index contributed by atoms with van der Waals surface area (Å²) in [6.07, 6.45) is 0. The number of hydrogen-bond acceptors (Lipinski definition) is 3. The number of Topliss-reactive ketones (excluding diaryl/α,β-unsaturated/α-hetero) is 1. The van der Waals surface area contributed by atoms with Crippen molar-refractivity contribution in [1.82, 2.24) is 0 Å². The molecule has 0 aliphatic carbocycles. The first-order valence-corrected chi connectivity index (χ1v) is 8.12. The zero-order chi connectivity index (χ0) is 16.6. The van der Waals surface area contributed by atoms with Crippen LogP contribution in [-0.4, -0.2) is 24.8 Å². The highest BCUT2D eigenvalue weighted by Gasteiger charge is 2.37. The van der Waals surface area contributed by atoms with Crippen molar-refractivity contribution < 1.29 is 14.3 Å². The third-order valence-corrected chi connectivity index (χ3v) is 4.25. The van der Waals surface area contributed by atoms with Crippen molar-refractivity contribution in [2.45, 2.75) is 13.8 Å². The largest absolute Gasteiger partial charge is 0.492 e. The average molecular weight is 374 g/mol. The SMILES string of the molecule is Cc1cccc(OCCN2C(=O)C(=O)c3cc(Br)cc(C)c32)c1. The fraction of sp³-hybridized carbons (Fsp3) is 0.222. The molecule has 23 heavy (non-hydrogen) atoms. The Kier molecular flexibility index (Phi) is 4.22. The number of carbonyl (C=O) groups excluding carboxylic acids is 2. The maximum Gasteiger partial charge on any atom is 0.299 e. The van der Waals surface area contributed by atoms with E-state index in [1.807, 2.05) is 44.2 Å². The quantitative estimate of drug-likeness (QED) is 0.768. The normalized spacial score (nSPS) is 13.4. The van der Waals surface area contributed by atoms with Gasteiger partial charge in [0.1, 0.15) is 12.4 Å². The van der Waals surface area contributed by atoms with Crippen molar-refractivity contribution >= 4 is 33.3 Å². The maximum absolute atomic E-state index is 12.2. The van der Waals surface area contributed by atoms with Crippen molar-refractivity contribution in [3.63, 3.8) is 0 Å². The molecular formula is C18H16BrNO3. The smallest absolute Gasteiger partial charge is 0.299 e. The molecule has 3 rings (SSSR count). The molecule has 2 aromatic carbocycles. The Morgan fingerprint density at radius 1 is 1.13 bits per heavy atom. The summed E-state index contributed by atoms with van der Waals surface area (Å²) in [5.41, 5.74) is 3.15. The molecule has 0 bridgehead atoms. The molecule has 0 unspecified atom stereocenters. The van der Waals surface area contributed by atoms with Crippen LogP contribution in [0.3, 0.4) is 0 Å². The predicted octanol–water partition coefficient (Wildman–Crippen LogP) is 3.67. The van der Waals surface area contributed by atoms with Gasteiger partial charge in [0, 0.05) is 4.47 Å². The predicted molar refractivity (Wildman–Crippen MR) is 92.2 cm³/mol. The number of halogens is 1. The molecule has 1 aliphatic heterocycles. The number of ketones is 1. The van der Waals surface area contributed by atoms with Crippen LogP contribution in [0, 0.1) is 13.8 Å². The molecule has 1 amide bonds. The van der Waals surface area contributed by atoms with Crippen LogP contribution in [0.25, 0.3) is 0 Å². The average Bonchev–Trinajstić information content (AvgIpc) is 2.73. The molecule has 0 saturated heterocycles. The summed E-state index contributed by atoms with van der Waals surface area (Å²) in [7, 11) is 0. The first-order valence-electron chi connectivity index (χ1n) is 7.33. The highest BCUT2D eigenvalue weighted by atomic mass is 79.9. The molecule has 0 radical (unpaired) electrons. The molecule has 2 aromatic rings. The van der Waals surface area contributed by atoms with Gasteiger partial charge in [-0.25, -0.2) is 0 Å². The number of ether oxygens (including phenoxy) is 1. The zero-order valence-electron chi connectivity index (χ0n) is 12.9. The van der Waals surface area contributed by atoms with Gasteiger partial charge in [0.25, 0.3) is 11.7 Å². The van der Waals surface area contributed by atoms with E-state index in [1.165, 1.54) is 4.90 Å². The summed E-state index contributed by atoms with van der Waals surface area (Å²) >= 11 is 3.37. The van der Waals surface area contributed by atoms with E-state index in [9.17, 15) is 9.59 Å². The van der Waals surface area contributed by atoms with Gasteiger partial charge in [-0.05, 0) is 49.2 Å². The topological polar surface area (TPSA) is 46.6 Å². The molecule has 1 aliphatic rings. The molecule has 0 fully saturated rings. The van der Waals surface area contributed by atoms with Crippen LogP contribution < -0.4 is 9.64 Å². The van der Waals surface area contributed by atoms with E-state index in [0.717, 1.165) is 21.3 Å². The second-order valence-electron chi connectivity index (χ2n) is 5.57. The molecule has 0 saturated carbocycles. The number of nitrogens with zero attached hydrogens (tertiary/aromatic N) is 1. The van der Waals surface area contributed by atoms with Gasteiger partial charge < -0.3 is 9.64 Å². The highest BCUT2D eigenvalue weighted by Crippen LogP contribution is 2.34. The second kappa shape index (κ2) is 6.16. The van der Waals surface area contributed by atoms with Crippen molar-refractivity contribution in [2.75, 3.05) is 18.1 Å². The fourth-order valence-electron chi connectivity index (χ4n) is 2.78. The first kappa shape index (κ1) is 15.7. The Balaban J connectivity index is 1.77. The lowest BCUT2D eigenvalue weighted by Crippen LogP contribution is -2.33. The Morgan fingerprint density at radius 3 is 2.65 bits per heavy atom. The summed E-state index contributed by atoms with van der Waals surface area (Å²) in [6, 6.07) is 11.3. The van der Waals surface area contributed by atoms with Crippen LogP contribution in [0.2, 0.25) is 0 Å². The van der Waals surface area contributed by atoms with Crippen molar-refractivity contribution in [3.05, 3.63) is 57.6 Å². The number of aryl methyl sites for hydroxylation is 2. The number of benzene rings is 2. The highest BCUT2D eigenvalue weighted by molar-refractivity contribution is 9.10. The third-order valence-electron chi connectivity index (χ3n) is 3.79. The zero-order valence-corrected chi connectivity index (χ0v) is 14.5. The van der Waals surface area contributed by atoms with Gasteiger partial charge in [-0.1, -0.05) is 28.1 Å². The van der Waals surface area contributed by atoms with E-state index < -0.39 is 11.7 Å². The molecule has 0 atom stereocenters. The molecule has 5 heteroatoms. The van der Waals surface area contributed by atoms with Crippen LogP contribution in [0.1, 0.15) is 21.5 Å². The Labute approximate surface area is 143 Å². The van der Waals surface area contributed by atoms with Gasteiger partial charge in [-0.3, -0.25) is 9.59 Å². The van der Waals surface area contributed by atoms with Crippen molar-refractivity contribution in [1.29, 1.82) is 0 Å². The first-order chi connectivity index (χ1) is 11.0. The summed E-state index contributed by atoms with van der Waals surface area (Å²) in [5, 5.41) is 0. The third kappa shape index (κ3) is 3.01. The summed E-state index contributed by atoms with van der Waals surface area (Å²) < 4.78 is 6.50. The molecule has 0 N–H and O–H groups in total. The number of amides is 1. The molecule has 4 nitrogen and oxygen atoms in total.